The molecule has 0 unspecified atom stereocenters. The number of rotatable bonds is 8. The summed E-state index contributed by atoms with van der Waals surface area (Å²) in [6.45, 7) is 3.38. The van der Waals surface area contributed by atoms with Crippen LogP contribution in [0.15, 0.2) is 24.3 Å². The van der Waals surface area contributed by atoms with Gasteiger partial charge in [-0.1, -0.05) is 19.9 Å². The van der Waals surface area contributed by atoms with E-state index in [0.29, 0.717) is 12.5 Å². The Bertz CT molecular complexity index is 577. The van der Waals surface area contributed by atoms with Crippen molar-refractivity contribution in [3.63, 3.8) is 0 Å². The summed E-state index contributed by atoms with van der Waals surface area (Å²) in [5.74, 6) is -1.46. The molecule has 7 nitrogen and oxygen atoms in total. The first-order chi connectivity index (χ1) is 11.4. The summed E-state index contributed by atoms with van der Waals surface area (Å²) in [6.07, 6.45) is 0.786. The van der Waals surface area contributed by atoms with Crippen molar-refractivity contribution in [3.05, 3.63) is 30.1 Å². The van der Waals surface area contributed by atoms with Gasteiger partial charge in [-0.05, 0) is 24.5 Å². The largest absolute Gasteiger partial charge is 0.482 e. The summed E-state index contributed by atoms with van der Waals surface area (Å²) < 4.78 is 22.6. The number of nitrogens with one attached hydrogen (secondary N) is 2. The molecule has 0 radical (unpaired) electrons. The highest BCUT2D eigenvalue weighted by molar-refractivity contribution is 5.95. The second kappa shape index (κ2) is 10.2. The predicted octanol–water partition coefficient (Wildman–Crippen LogP) is 1.62. The van der Waals surface area contributed by atoms with Crippen LogP contribution in [0.4, 0.5) is 9.18 Å². The summed E-state index contributed by atoms with van der Waals surface area (Å²) in [6, 6.07) is 4.61. The van der Waals surface area contributed by atoms with Crippen molar-refractivity contribution in [2.45, 2.75) is 20.3 Å². The van der Waals surface area contributed by atoms with Gasteiger partial charge in [0.1, 0.15) is 11.6 Å². The van der Waals surface area contributed by atoms with E-state index in [4.69, 9.17) is 4.74 Å². The molecule has 0 aliphatic carbocycles. The molecule has 2 N–H and O–H groups in total. The molecule has 0 aliphatic heterocycles. The third-order valence-electron chi connectivity index (χ3n) is 2.78. The van der Waals surface area contributed by atoms with E-state index in [1.54, 1.807) is 0 Å². The molecule has 0 aliphatic rings. The number of carbonyl (C=O) groups is 3. The van der Waals surface area contributed by atoms with Crippen LogP contribution in [0.5, 0.6) is 5.75 Å². The number of hydrogen-bond acceptors (Lipinski definition) is 5. The predicted molar refractivity (Wildman–Crippen MR) is 83.9 cm³/mol. The summed E-state index contributed by atoms with van der Waals surface area (Å²) in [5.41, 5.74) is 0. The van der Waals surface area contributed by atoms with Gasteiger partial charge in [0.05, 0.1) is 0 Å². The van der Waals surface area contributed by atoms with Gasteiger partial charge in [-0.15, -0.1) is 0 Å². The Kier molecular flexibility index (Phi) is 8.24. The van der Waals surface area contributed by atoms with E-state index in [1.165, 1.54) is 18.2 Å². The number of amides is 3. The summed E-state index contributed by atoms with van der Waals surface area (Å²) in [4.78, 5) is 34.2. The first kappa shape index (κ1) is 19.4. The molecule has 24 heavy (non-hydrogen) atoms. The minimum atomic E-state index is -0.811. The van der Waals surface area contributed by atoms with Crippen molar-refractivity contribution in [2.75, 3.05) is 19.8 Å². The van der Waals surface area contributed by atoms with Crippen LogP contribution >= 0.6 is 0 Å². The molecule has 0 saturated carbocycles. The Hall–Kier alpha value is -2.64. The van der Waals surface area contributed by atoms with Crippen LogP contribution in [-0.4, -0.2) is 37.7 Å². The minimum absolute atomic E-state index is 0.168. The maximum atomic E-state index is 12.9. The molecule has 1 aromatic rings. The molecule has 0 spiro atoms. The van der Waals surface area contributed by atoms with Gasteiger partial charge in [0, 0.05) is 12.6 Å². The first-order valence-corrected chi connectivity index (χ1v) is 7.48. The van der Waals surface area contributed by atoms with Crippen molar-refractivity contribution in [3.8, 4) is 5.75 Å². The Labute approximate surface area is 139 Å². The van der Waals surface area contributed by atoms with Crippen LogP contribution in [0.1, 0.15) is 20.3 Å². The topological polar surface area (TPSA) is 93.7 Å². The van der Waals surface area contributed by atoms with Crippen LogP contribution in [0.2, 0.25) is 0 Å². The zero-order valence-electron chi connectivity index (χ0n) is 13.6. The molecular weight excluding hydrogens is 319 g/mol. The minimum Gasteiger partial charge on any atom is -0.482 e. The van der Waals surface area contributed by atoms with Gasteiger partial charge in [0.2, 0.25) is 0 Å². The monoisotopic (exact) mass is 340 g/mol. The maximum Gasteiger partial charge on any atom is 0.344 e. The van der Waals surface area contributed by atoms with Gasteiger partial charge in [-0.3, -0.25) is 10.1 Å². The van der Waals surface area contributed by atoms with Crippen LogP contribution in [0.3, 0.4) is 0 Å². The van der Waals surface area contributed by atoms with Crippen molar-refractivity contribution < 1.29 is 28.2 Å². The number of carbonyl (C=O) groups excluding carboxylic acids is 3. The summed E-state index contributed by atoms with van der Waals surface area (Å²) in [5, 5.41) is 4.55. The standard InChI is InChI=1S/C16H21FN2O5/c1-11(2)6-7-18-16(22)19-14(20)9-24-15(21)10-23-13-5-3-4-12(17)8-13/h3-5,8,11H,6-7,9-10H2,1-2H3,(H2,18,19,20,22). The lowest BCUT2D eigenvalue weighted by molar-refractivity contribution is -0.150. The highest BCUT2D eigenvalue weighted by Crippen LogP contribution is 2.11. The van der Waals surface area contributed by atoms with E-state index in [0.717, 1.165) is 12.5 Å². The highest BCUT2D eigenvalue weighted by Gasteiger charge is 2.11. The van der Waals surface area contributed by atoms with E-state index in [2.05, 4.69) is 10.1 Å². The fourth-order valence-electron chi connectivity index (χ4n) is 1.57. The molecular formula is C16H21FN2O5. The second-order valence-corrected chi connectivity index (χ2v) is 5.39. The zero-order valence-corrected chi connectivity index (χ0v) is 13.6. The molecule has 1 rings (SSSR count). The van der Waals surface area contributed by atoms with Gasteiger partial charge in [0.15, 0.2) is 13.2 Å². The quantitative estimate of drug-likeness (QED) is 0.702. The van der Waals surface area contributed by atoms with Gasteiger partial charge in [-0.25, -0.2) is 14.0 Å². The number of halogens is 1. The molecule has 132 valence electrons. The van der Waals surface area contributed by atoms with E-state index >= 15 is 0 Å². The fourth-order valence-corrected chi connectivity index (χ4v) is 1.57. The first-order valence-electron chi connectivity index (χ1n) is 7.48. The van der Waals surface area contributed by atoms with Crippen LogP contribution < -0.4 is 15.4 Å². The molecule has 0 atom stereocenters. The SMILES string of the molecule is CC(C)CCNC(=O)NC(=O)COC(=O)COc1cccc(F)c1. The average molecular weight is 340 g/mol. The van der Waals surface area contributed by atoms with Gasteiger partial charge >= 0.3 is 12.0 Å². The smallest absolute Gasteiger partial charge is 0.344 e. The Morgan fingerprint density at radius 1 is 1.21 bits per heavy atom. The number of hydrogen-bond donors (Lipinski definition) is 2. The number of ether oxygens (including phenoxy) is 2. The lowest BCUT2D eigenvalue weighted by Gasteiger charge is -2.09. The van der Waals surface area contributed by atoms with E-state index in [-0.39, 0.29) is 5.75 Å². The molecule has 1 aromatic carbocycles. The third-order valence-corrected chi connectivity index (χ3v) is 2.78. The number of benzene rings is 1. The molecule has 0 fully saturated rings. The van der Waals surface area contributed by atoms with E-state index in [9.17, 15) is 18.8 Å². The lowest BCUT2D eigenvalue weighted by Crippen LogP contribution is -2.42. The van der Waals surface area contributed by atoms with E-state index in [1.807, 2.05) is 19.2 Å². The second-order valence-electron chi connectivity index (χ2n) is 5.39. The highest BCUT2D eigenvalue weighted by atomic mass is 19.1. The molecule has 3 amide bonds. The van der Waals surface area contributed by atoms with Crippen molar-refractivity contribution in [1.29, 1.82) is 0 Å². The van der Waals surface area contributed by atoms with Gasteiger partial charge < -0.3 is 14.8 Å². The Balaban J connectivity index is 2.19. The molecule has 0 heterocycles. The summed E-state index contributed by atoms with van der Waals surface area (Å²) in [7, 11) is 0. The van der Waals surface area contributed by atoms with Crippen molar-refractivity contribution >= 4 is 17.9 Å². The summed E-state index contributed by atoms with van der Waals surface area (Å²) >= 11 is 0. The Morgan fingerprint density at radius 2 is 1.96 bits per heavy atom. The third kappa shape index (κ3) is 8.72. The maximum absolute atomic E-state index is 12.9. The molecule has 0 aromatic heterocycles. The molecule has 0 bridgehead atoms. The van der Waals surface area contributed by atoms with Crippen LogP contribution in [0, 0.1) is 11.7 Å². The average Bonchev–Trinajstić information content (AvgIpc) is 2.50. The van der Waals surface area contributed by atoms with Crippen molar-refractivity contribution in [2.24, 2.45) is 5.92 Å². The zero-order chi connectivity index (χ0) is 17.9. The van der Waals surface area contributed by atoms with Crippen LogP contribution in [0.25, 0.3) is 0 Å². The van der Waals surface area contributed by atoms with E-state index < -0.39 is 36.9 Å². The Morgan fingerprint density at radius 3 is 2.62 bits per heavy atom. The van der Waals surface area contributed by atoms with Gasteiger partial charge in [-0.2, -0.15) is 0 Å². The number of imide groups is 1. The van der Waals surface area contributed by atoms with Crippen molar-refractivity contribution in [1.82, 2.24) is 10.6 Å². The number of urea groups is 1. The fraction of sp³-hybridized carbons (Fsp3) is 0.438. The lowest BCUT2D eigenvalue weighted by atomic mass is 10.1. The van der Waals surface area contributed by atoms with Crippen LogP contribution in [-0.2, 0) is 14.3 Å². The molecule has 8 heteroatoms. The number of esters is 1. The van der Waals surface area contributed by atoms with Gasteiger partial charge in [0.25, 0.3) is 5.91 Å². The molecule has 0 saturated heterocycles. The normalized spacial score (nSPS) is 10.2.